The van der Waals surface area contributed by atoms with Gasteiger partial charge in [-0.15, -0.1) is 0 Å². The number of benzene rings is 2. The van der Waals surface area contributed by atoms with Gasteiger partial charge in [0.25, 0.3) is 5.91 Å². The molecule has 3 heteroatoms. The van der Waals surface area contributed by atoms with Crippen LogP contribution in [0.5, 0.6) is 0 Å². The predicted octanol–water partition coefficient (Wildman–Crippen LogP) is 3.77. The van der Waals surface area contributed by atoms with Gasteiger partial charge in [0.2, 0.25) is 0 Å². The van der Waals surface area contributed by atoms with Crippen LogP contribution < -0.4 is 0 Å². The molecule has 1 amide bonds. The van der Waals surface area contributed by atoms with E-state index in [9.17, 15) is 4.79 Å². The van der Waals surface area contributed by atoms with Crippen LogP contribution in [0.2, 0.25) is 0 Å². The standard InChI is InChI=1S/C22H28N2O/c1-23(2)14-15-24(17-18-8-4-3-5-9-18)22(25)21-13-12-19-10-6-7-11-20(19)16-21/h3-5,8-9,12-13,16H,6-7,10-11,14-15,17H2,1-2H3. The molecule has 0 spiro atoms. The van der Waals surface area contributed by atoms with Crippen molar-refractivity contribution in [1.82, 2.24) is 9.80 Å². The molecule has 0 fully saturated rings. The number of hydrogen-bond donors (Lipinski definition) is 0. The molecule has 0 saturated carbocycles. The van der Waals surface area contributed by atoms with Crippen molar-refractivity contribution in [2.75, 3.05) is 27.2 Å². The molecule has 2 aromatic rings. The Labute approximate surface area is 151 Å². The molecule has 0 saturated heterocycles. The van der Waals surface area contributed by atoms with E-state index in [0.29, 0.717) is 6.54 Å². The van der Waals surface area contributed by atoms with Crippen molar-refractivity contribution < 1.29 is 4.79 Å². The summed E-state index contributed by atoms with van der Waals surface area (Å²) in [6, 6.07) is 16.6. The number of nitrogens with zero attached hydrogens (tertiary/aromatic N) is 2. The summed E-state index contributed by atoms with van der Waals surface area (Å²) in [5, 5.41) is 0. The summed E-state index contributed by atoms with van der Waals surface area (Å²) in [6.45, 7) is 2.26. The van der Waals surface area contributed by atoms with Gasteiger partial charge < -0.3 is 9.80 Å². The number of likely N-dealkylation sites (N-methyl/N-ethyl adjacent to an activating group) is 1. The van der Waals surface area contributed by atoms with E-state index in [1.807, 2.05) is 43.3 Å². The van der Waals surface area contributed by atoms with Crippen molar-refractivity contribution in [3.05, 3.63) is 70.8 Å². The monoisotopic (exact) mass is 336 g/mol. The molecule has 0 aliphatic heterocycles. The minimum absolute atomic E-state index is 0.138. The Bertz CT molecular complexity index is 709. The van der Waals surface area contributed by atoms with Crippen molar-refractivity contribution in [3.63, 3.8) is 0 Å². The summed E-state index contributed by atoms with van der Waals surface area (Å²) in [4.78, 5) is 17.3. The maximum atomic E-state index is 13.2. The number of amides is 1. The molecule has 132 valence electrons. The second kappa shape index (κ2) is 8.30. The summed E-state index contributed by atoms with van der Waals surface area (Å²) in [5.74, 6) is 0.138. The fourth-order valence-corrected chi connectivity index (χ4v) is 3.43. The maximum Gasteiger partial charge on any atom is 0.254 e. The van der Waals surface area contributed by atoms with Crippen LogP contribution in [0.15, 0.2) is 48.5 Å². The predicted molar refractivity (Wildman–Crippen MR) is 103 cm³/mol. The molecule has 0 bridgehead atoms. The maximum absolute atomic E-state index is 13.2. The van der Waals surface area contributed by atoms with Gasteiger partial charge in [-0.1, -0.05) is 36.4 Å². The van der Waals surface area contributed by atoms with E-state index in [1.165, 1.54) is 29.5 Å². The Morgan fingerprint density at radius 2 is 1.64 bits per heavy atom. The lowest BCUT2D eigenvalue weighted by atomic mass is 9.90. The van der Waals surface area contributed by atoms with Crippen molar-refractivity contribution in [2.24, 2.45) is 0 Å². The van der Waals surface area contributed by atoms with E-state index in [0.717, 1.165) is 31.5 Å². The highest BCUT2D eigenvalue weighted by molar-refractivity contribution is 5.94. The van der Waals surface area contributed by atoms with Crippen LogP contribution in [0.25, 0.3) is 0 Å². The molecule has 1 aliphatic rings. The van der Waals surface area contributed by atoms with Crippen molar-refractivity contribution in [3.8, 4) is 0 Å². The number of hydrogen-bond acceptors (Lipinski definition) is 2. The number of fused-ring (bicyclic) bond motifs is 1. The summed E-state index contributed by atoms with van der Waals surface area (Å²) in [7, 11) is 4.09. The van der Waals surface area contributed by atoms with Gasteiger partial charge in [-0.25, -0.2) is 0 Å². The molecule has 25 heavy (non-hydrogen) atoms. The lowest BCUT2D eigenvalue weighted by Gasteiger charge is -2.25. The van der Waals surface area contributed by atoms with Crippen LogP contribution >= 0.6 is 0 Å². The highest BCUT2D eigenvalue weighted by atomic mass is 16.2. The first kappa shape index (κ1) is 17.7. The zero-order valence-electron chi connectivity index (χ0n) is 15.4. The number of rotatable bonds is 6. The first-order valence-corrected chi connectivity index (χ1v) is 9.23. The second-order valence-electron chi connectivity index (χ2n) is 7.21. The van der Waals surface area contributed by atoms with Gasteiger partial charge in [0, 0.05) is 25.2 Å². The third-order valence-corrected chi connectivity index (χ3v) is 4.92. The Morgan fingerprint density at radius 3 is 2.36 bits per heavy atom. The summed E-state index contributed by atoms with van der Waals surface area (Å²) < 4.78 is 0. The quantitative estimate of drug-likeness (QED) is 0.802. The molecule has 0 atom stereocenters. The number of aryl methyl sites for hydroxylation is 2. The second-order valence-corrected chi connectivity index (χ2v) is 7.21. The largest absolute Gasteiger partial charge is 0.333 e. The molecule has 3 nitrogen and oxygen atoms in total. The summed E-state index contributed by atoms with van der Waals surface area (Å²) in [5.41, 5.74) is 4.79. The molecule has 2 aromatic carbocycles. The number of carbonyl (C=O) groups excluding carboxylic acids is 1. The molecular formula is C22H28N2O. The Morgan fingerprint density at radius 1 is 0.920 bits per heavy atom. The zero-order chi connectivity index (χ0) is 17.6. The third kappa shape index (κ3) is 4.70. The van der Waals surface area contributed by atoms with Gasteiger partial charge in [-0.05, 0) is 68.6 Å². The minimum Gasteiger partial charge on any atom is -0.333 e. The highest BCUT2D eigenvalue weighted by Crippen LogP contribution is 2.23. The van der Waals surface area contributed by atoms with Crippen molar-refractivity contribution >= 4 is 5.91 Å². The van der Waals surface area contributed by atoms with E-state index < -0.39 is 0 Å². The third-order valence-electron chi connectivity index (χ3n) is 4.92. The average Bonchev–Trinajstić information content (AvgIpc) is 2.65. The van der Waals surface area contributed by atoms with Crippen molar-refractivity contribution in [1.29, 1.82) is 0 Å². The van der Waals surface area contributed by atoms with E-state index in [-0.39, 0.29) is 5.91 Å². The van der Waals surface area contributed by atoms with Crippen LogP contribution in [0, 0.1) is 0 Å². The van der Waals surface area contributed by atoms with Crippen LogP contribution in [-0.2, 0) is 19.4 Å². The van der Waals surface area contributed by atoms with Gasteiger partial charge in [0.05, 0.1) is 0 Å². The van der Waals surface area contributed by atoms with Gasteiger partial charge in [0.1, 0.15) is 0 Å². The van der Waals surface area contributed by atoms with E-state index in [1.54, 1.807) is 0 Å². The van der Waals surface area contributed by atoms with Crippen LogP contribution in [0.4, 0.5) is 0 Å². The fourth-order valence-electron chi connectivity index (χ4n) is 3.43. The first-order valence-electron chi connectivity index (χ1n) is 9.23. The first-order chi connectivity index (χ1) is 12.1. The Hall–Kier alpha value is -2.13. The van der Waals surface area contributed by atoms with Gasteiger partial charge in [-0.3, -0.25) is 4.79 Å². The Kier molecular flexibility index (Phi) is 5.87. The molecule has 1 aliphatic carbocycles. The zero-order valence-corrected chi connectivity index (χ0v) is 15.4. The molecule has 0 unspecified atom stereocenters. The SMILES string of the molecule is CN(C)CCN(Cc1ccccc1)C(=O)c1ccc2c(c1)CCCC2. The van der Waals surface area contributed by atoms with Crippen LogP contribution in [-0.4, -0.2) is 42.9 Å². The van der Waals surface area contributed by atoms with Gasteiger partial charge in [0.15, 0.2) is 0 Å². The molecule has 0 N–H and O–H groups in total. The van der Waals surface area contributed by atoms with Crippen molar-refractivity contribution in [2.45, 2.75) is 32.2 Å². The average molecular weight is 336 g/mol. The van der Waals surface area contributed by atoms with E-state index in [4.69, 9.17) is 0 Å². The molecule has 0 radical (unpaired) electrons. The van der Waals surface area contributed by atoms with E-state index >= 15 is 0 Å². The van der Waals surface area contributed by atoms with Crippen LogP contribution in [0.1, 0.15) is 39.9 Å². The topological polar surface area (TPSA) is 23.6 Å². The lowest BCUT2D eigenvalue weighted by Crippen LogP contribution is -2.36. The fraction of sp³-hybridized carbons (Fsp3) is 0.409. The molecular weight excluding hydrogens is 308 g/mol. The summed E-state index contributed by atoms with van der Waals surface area (Å²) in [6.07, 6.45) is 4.76. The summed E-state index contributed by atoms with van der Waals surface area (Å²) >= 11 is 0. The van der Waals surface area contributed by atoms with Gasteiger partial charge >= 0.3 is 0 Å². The molecule has 3 rings (SSSR count). The molecule has 0 aromatic heterocycles. The highest BCUT2D eigenvalue weighted by Gasteiger charge is 2.18. The number of carbonyl (C=O) groups is 1. The van der Waals surface area contributed by atoms with E-state index in [2.05, 4.69) is 29.2 Å². The van der Waals surface area contributed by atoms with Crippen LogP contribution in [0.3, 0.4) is 0 Å². The lowest BCUT2D eigenvalue weighted by molar-refractivity contribution is 0.0732. The smallest absolute Gasteiger partial charge is 0.254 e. The molecule has 0 heterocycles. The normalized spacial score (nSPS) is 13.6. The van der Waals surface area contributed by atoms with Gasteiger partial charge in [-0.2, -0.15) is 0 Å². The minimum atomic E-state index is 0.138. The Balaban J connectivity index is 1.80.